The van der Waals surface area contributed by atoms with Crippen molar-refractivity contribution < 1.29 is 8.42 Å². The Morgan fingerprint density at radius 2 is 1.78 bits per heavy atom. The molecule has 3 rings (SSSR count). The molecule has 1 saturated heterocycles. The summed E-state index contributed by atoms with van der Waals surface area (Å²) in [5, 5.41) is 5.23. The van der Waals surface area contributed by atoms with Crippen LogP contribution in [0.15, 0.2) is 41.3 Å². The van der Waals surface area contributed by atoms with Crippen molar-refractivity contribution in [2.24, 2.45) is 0 Å². The summed E-state index contributed by atoms with van der Waals surface area (Å²) in [7, 11) is -3.56. The molecule has 2 N–H and O–H groups in total. The second-order valence-corrected chi connectivity index (χ2v) is 7.72. The quantitative estimate of drug-likeness (QED) is 0.858. The fraction of sp³-hybridized carbons (Fsp3) is 0.375. The number of nitrogens with one attached hydrogen (secondary N) is 2. The van der Waals surface area contributed by atoms with Crippen LogP contribution in [0, 0.1) is 0 Å². The molecule has 2 aromatic carbocycles. The lowest BCUT2D eigenvalue weighted by Gasteiger charge is -2.27. The zero-order valence-electron chi connectivity index (χ0n) is 12.8. The largest absolute Gasteiger partial charge is 0.314 e. The average molecular weight is 354 g/mol. The van der Waals surface area contributed by atoms with Gasteiger partial charge in [-0.05, 0) is 12.1 Å². The monoisotopic (exact) mass is 353 g/mol. The minimum absolute atomic E-state index is 0.276. The van der Waals surface area contributed by atoms with E-state index in [2.05, 4.69) is 14.9 Å². The zero-order valence-corrected chi connectivity index (χ0v) is 14.3. The number of sulfonamides is 1. The number of rotatable bonds is 5. The molecular formula is C16H20ClN3O2S. The van der Waals surface area contributed by atoms with Gasteiger partial charge < -0.3 is 5.32 Å². The summed E-state index contributed by atoms with van der Waals surface area (Å²) in [6.07, 6.45) is 0. The van der Waals surface area contributed by atoms with E-state index in [1.807, 2.05) is 18.2 Å². The maximum Gasteiger partial charge on any atom is 0.241 e. The first-order valence-corrected chi connectivity index (χ1v) is 9.54. The summed E-state index contributed by atoms with van der Waals surface area (Å²) in [5.41, 5.74) is 0. The van der Waals surface area contributed by atoms with Gasteiger partial charge in [-0.3, -0.25) is 4.90 Å². The van der Waals surface area contributed by atoms with Crippen molar-refractivity contribution in [1.82, 2.24) is 14.9 Å². The number of benzene rings is 2. The van der Waals surface area contributed by atoms with Crippen LogP contribution in [0.4, 0.5) is 0 Å². The third kappa shape index (κ3) is 3.84. The van der Waals surface area contributed by atoms with E-state index in [0.717, 1.165) is 31.6 Å². The van der Waals surface area contributed by atoms with E-state index in [4.69, 9.17) is 11.6 Å². The molecule has 5 nitrogen and oxygen atoms in total. The highest BCUT2D eigenvalue weighted by Crippen LogP contribution is 2.28. The molecule has 1 aliphatic rings. The molecule has 0 saturated carbocycles. The molecule has 7 heteroatoms. The van der Waals surface area contributed by atoms with Crippen LogP contribution >= 0.6 is 11.6 Å². The molecule has 1 aliphatic heterocycles. The Balaban J connectivity index is 1.76. The van der Waals surface area contributed by atoms with E-state index in [9.17, 15) is 8.42 Å². The van der Waals surface area contributed by atoms with Crippen LogP contribution in [0.1, 0.15) is 0 Å². The molecule has 0 radical (unpaired) electrons. The third-order valence-electron chi connectivity index (χ3n) is 4.05. The first-order valence-electron chi connectivity index (χ1n) is 7.68. The minimum atomic E-state index is -3.56. The van der Waals surface area contributed by atoms with E-state index < -0.39 is 10.0 Å². The molecule has 0 aliphatic carbocycles. The molecule has 1 heterocycles. The van der Waals surface area contributed by atoms with Crippen LogP contribution in [0.3, 0.4) is 0 Å². The second-order valence-electron chi connectivity index (χ2n) is 5.58. The highest BCUT2D eigenvalue weighted by molar-refractivity contribution is 7.89. The first-order chi connectivity index (χ1) is 11.1. The summed E-state index contributed by atoms with van der Waals surface area (Å²) >= 11 is 6.16. The predicted octanol–water partition coefficient (Wildman–Crippen LogP) is 1.68. The molecule has 0 aromatic heterocycles. The van der Waals surface area contributed by atoms with Crippen molar-refractivity contribution in [3.8, 4) is 0 Å². The smallest absolute Gasteiger partial charge is 0.241 e. The fourth-order valence-corrected chi connectivity index (χ4v) is 4.28. The van der Waals surface area contributed by atoms with Crippen LogP contribution in [0.25, 0.3) is 10.8 Å². The topological polar surface area (TPSA) is 61.4 Å². The lowest BCUT2D eigenvalue weighted by atomic mass is 10.1. The molecule has 1 fully saturated rings. The normalized spacial score (nSPS) is 16.7. The van der Waals surface area contributed by atoms with Gasteiger partial charge >= 0.3 is 0 Å². The summed E-state index contributed by atoms with van der Waals surface area (Å²) in [5.74, 6) is 0. The van der Waals surface area contributed by atoms with Gasteiger partial charge in [0, 0.05) is 55.1 Å². The van der Waals surface area contributed by atoms with Crippen molar-refractivity contribution in [2.45, 2.75) is 4.90 Å². The van der Waals surface area contributed by atoms with E-state index in [1.165, 1.54) is 0 Å². The molecule has 2 aromatic rings. The van der Waals surface area contributed by atoms with Crippen LogP contribution in [0.2, 0.25) is 5.02 Å². The molecule has 0 amide bonds. The van der Waals surface area contributed by atoms with E-state index >= 15 is 0 Å². The highest BCUT2D eigenvalue weighted by Gasteiger charge is 2.18. The average Bonchev–Trinajstić information content (AvgIpc) is 2.56. The minimum Gasteiger partial charge on any atom is -0.314 e. The molecule has 0 bridgehead atoms. The van der Waals surface area contributed by atoms with Crippen molar-refractivity contribution in [3.05, 3.63) is 41.4 Å². The van der Waals surface area contributed by atoms with E-state index in [-0.39, 0.29) is 4.90 Å². The van der Waals surface area contributed by atoms with Gasteiger partial charge in [-0.15, -0.1) is 0 Å². The Morgan fingerprint density at radius 3 is 2.52 bits per heavy atom. The van der Waals surface area contributed by atoms with Gasteiger partial charge in [-0.2, -0.15) is 0 Å². The number of halogens is 1. The SMILES string of the molecule is O=S(=O)(NCCN1CCNCC1)c1ccc(Cl)c2ccccc12. The van der Waals surface area contributed by atoms with Gasteiger partial charge in [0.1, 0.15) is 0 Å². The maximum absolute atomic E-state index is 12.6. The molecule has 23 heavy (non-hydrogen) atoms. The zero-order chi connectivity index (χ0) is 16.3. The van der Waals surface area contributed by atoms with Crippen LogP contribution in [-0.2, 0) is 10.0 Å². The molecule has 124 valence electrons. The summed E-state index contributed by atoms with van der Waals surface area (Å²) in [6, 6.07) is 10.5. The lowest BCUT2D eigenvalue weighted by molar-refractivity contribution is 0.245. The van der Waals surface area contributed by atoms with Crippen molar-refractivity contribution in [2.75, 3.05) is 39.3 Å². The van der Waals surface area contributed by atoms with E-state index in [1.54, 1.807) is 18.2 Å². The maximum atomic E-state index is 12.6. The first kappa shape index (κ1) is 16.7. The Hall–Kier alpha value is -1.18. The van der Waals surface area contributed by atoms with Gasteiger partial charge in [-0.25, -0.2) is 13.1 Å². The Labute approximate surface area is 141 Å². The summed E-state index contributed by atoms with van der Waals surface area (Å²) in [4.78, 5) is 2.52. The predicted molar refractivity (Wildman–Crippen MR) is 93.5 cm³/mol. The standard InChI is InChI=1S/C16H20ClN3O2S/c17-15-5-6-16(14-4-2-1-3-13(14)15)23(21,22)19-9-12-20-10-7-18-8-11-20/h1-6,18-19H,7-12H2. The summed E-state index contributed by atoms with van der Waals surface area (Å²) in [6.45, 7) is 4.92. The highest BCUT2D eigenvalue weighted by atomic mass is 35.5. The van der Waals surface area contributed by atoms with Gasteiger partial charge in [0.2, 0.25) is 10.0 Å². The van der Waals surface area contributed by atoms with Gasteiger partial charge in [0.15, 0.2) is 0 Å². The van der Waals surface area contributed by atoms with Crippen LogP contribution < -0.4 is 10.0 Å². The summed E-state index contributed by atoms with van der Waals surface area (Å²) < 4.78 is 27.9. The van der Waals surface area contributed by atoms with Crippen molar-refractivity contribution >= 4 is 32.4 Å². The number of nitrogens with zero attached hydrogens (tertiary/aromatic N) is 1. The Morgan fingerprint density at radius 1 is 1.09 bits per heavy atom. The van der Waals surface area contributed by atoms with Gasteiger partial charge in [-0.1, -0.05) is 35.9 Å². The second kappa shape index (κ2) is 7.15. The van der Waals surface area contributed by atoms with E-state index in [0.29, 0.717) is 23.5 Å². The molecule has 0 unspecified atom stereocenters. The fourth-order valence-electron chi connectivity index (χ4n) is 2.82. The molecular weight excluding hydrogens is 334 g/mol. The van der Waals surface area contributed by atoms with Crippen LogP contribution in [-0.4, -0.2) is 52.6 Å². The number of fused-ring (bicyclic) bond motifs is 1. The Kier molecular flexibility index (Phi) is 5.18. The number of hydrogen-bond donors (Lipinski definition) is 2. The van der Waals surface area contributed by atoms with Gasteiger partial charge in [0.05, 0.1) is 4.90 Å². The number of piperazine rings is 1. The third-order valence-corrected chi connectivity index (χ3v) is 5.90. The van der Waals surface area contributed by atoms with Crippen molar-refractivity contribution in [3.63, 3.8) is 0 Å². The Bertz CT molecular complexity index is 789. The van der Waals surface area contributed by atoms with Crippen molar-refractivity contribution in [1.29, 1.82) is 0 Å². The van der Waals surface area contributed by atoms with Gasteiger partial charge in [0.25, 0.3) is 0 Å². The van der Waals surface area contributed by atoms with Crippen LogP contribution in [0.5, 0.6) is 0 Å². The molecule has 0 atom stereocenters. The number of hydrogen-bond acceptors (Lipinski definition) is 4. The molecule has 0 spiro atoms. The lowest BCUT2D eigenvalue weighted by Crippen LogP contribution is -2.46.